The second-order valence-corrected chi connectivity index (χ2v) is 21.4. The Hall–Kier alpha value is -1.93. The molecule has 490 valence electrons. The third-order valence-electron chi connectivity index (χ3n) is 15.6. The normalized spacial score (nSPS) is 50.4. The maximum Gasteiger partial charge on any atom is 0.217 e. The average molecular weight is 1240 g/mol. The van der Waals surface area contributed by atoms with Crippen molar-refractivity contribution in [3.63, 3.8) is 0 Å². The number of aliphatic hydroxyl groups excluding tert-OH is 20. The zero-order valence-electron chi connectivity index (χ0n) is 45.2. The van der Waals surface area contributed by atoms with E-state index in [-0.39, 0.29) is 13.2 Å². The van der Waals surface area contributed by atoms with Gasteiger partial charge in [0.1, 0.15) is 159 Å². The maximum absolute atomic E-state index is 12.2. The highest BCUT2D eigenvalue weighted by Gasteiger charge is 2.57. The third kappa shape index (κ3) is 15.1. The highest BCUT2D eigenvalue weighted by molar-refractivity contribution is 5.73. The van der Waals surface area contributed by atoms with Gasteiger partial charge in [-0.15, -0.1) is 0 Å². The van der Waals surface area contributed by atoms with Crippen LogP contribution < -0.4 is 11.1 Å². The monoisotopic (exact) mass is 1230 g/mol. The van der Waals surface area contributed by atoms with Crippen molar-refractivity contribution in [3.8, 4) is 0 Å². The van der Waals surface area contributed by atoms with Crippen LogP contribution in [0.25, 0.3) is 0 Å². The van der Waals surface area contributed by atoms with Gasteiger partial charge in [0.05, 0.1) is 59.0 Å². The van der Waals surface area contributed by atoms with Crippen LogP contribution >= 0.6 is 0 Å². The molecule has 7 heterocycles. The van der Waals surface area contributed by atoms with Gasteiger partial charge in [0.25, 0.3) is 0 Å². The van der Waals surface area contributed by atoms with Crippen molar-refractivity contribution in [2.24, 2.45) is 11.7 Å². The highest BCUT2D eigenvalue weighted by atomic mass is 16.8. The molecule has 0 radical (unpaired) electrons. The molecule has 0 spiro atoms. The Morgan fingerprint density at radius 1 is 0.369 bits per heavy atom. The zero-order valence-corrected chi connectivity index (χ0v) is 45.2. The molecule has 7 saturated heterocycles. The van der Waals surface area contributed by atoms with Crippen molar-refractivity contribution in [2.75, 3.05) is 59.4 Å². The summed E-state index contributed by atoms with van der Waals surface area (Å²) in [5, 5.41) is 219. The van der Waals surface area contributed by atoms with Gasteiger partial charge in [-0.2, -0.15) is 0 Å². The van der Waals surface area contributed by atoms with Crippen LogP contribution in [0.4, 0.5) is 0 Å². The van der Waals surface area contributed by atoms with Crippen molar-refractivity contribution < 1.29 is 173 Å². The Bertz CT molecular complexity index is 1990. The lowest BCUT2D eigenvalue weighted by Crippen LogP contribution is -2.68. The Morgan fingerprint density at radius 2 is 0.702 bits per heavy atom. The van der Waals surface area contributed by atoms with E-state index < -0.39 is 267 Å². The Kier molecular flexibility index (Phi) is 25.4. The fraction of sp³-hybridized carbons (Fsp3) is 0.979. The summed E-state index contributed by atoms with van der Waals surface area (Å²) < 4.78 is 80.9. The van der Waals surface area contributed by atoms with E-state index in [1.54, 1.807) is 0 Å². The first-order valence-corrected chi connectivity index (χ1v) is 27.1. The molecule has 7 fully saturated rings. The largest absolute Gasteiger partial charge is 0.394 e. The fourth-order valence-corrected chi connectivity index (χ4v) is 10.7. The van der Waals surface area contributed by atoms with Gasteiger partial charge < -0.3 is 179 Å². The van der Waals surface area contributed by atoms with Crippen LogP contribution in [-0.2, 0) is 71.1 Å². The lowest BCUT2D eigenvalue weighted by molar-refractivity contribution is -0.389. The van der Waals surface area contributed by atoms with E-state index in [1.165, 1.54) is 6.92 Å². The van der Waals surface area contributed by atoms with Gasteiger partial charge in [-0.25, -0.2) is 0 Å². The molecule has 35 atom stereocenters. The van der Waals surface area contributed by atoms with E-state index in [2.05, 4.69) is 5.32 Å². The Balaban J connectivity index is 1.14. The van der Waals surface area contributed by atoms with E-state index in [9.17, 15) is 107 Å². The molecule has 23 N–H and O–H groups in total. The molecule has 84 heavy (non-hydrogen) atoms. The lowest BCUT2D eigenvalue weighted by atomic mass is 9.91. The van der Waals surface area contributed by atoms with Gasteiger partial charge in [-0.3, -0.25) is 4.79 Å². The van der Waals surface area contributed by atoms with E-state index >= 15 is 0 Å². The van der Waals surface area contributed by atoms with Crippen LogP contribution in [0, 0.1) is 5.92 Å². The van der Waals surface area contributed by atoms with Crippen LogP contribution in [0.5, 0.6) is 0 Å². The summed E-state index contributed by atoms with van der Waals surface area (Å²) in [6.07, 6.45) is -61.8. The summed E-state index contributed by atoms with van der Waals surface area (Å²) in [4.78, 5) is 12.2. The van der Waals surface area contributed by atoms with Gasteiger partial charge in [-0.05, 0) is 0 Å². The molecule has 7 aliphatic heterocycles. The topological polar surface area (TPSA) is 589 Å². The first kappa shape index (κ1) is 69.5. The fourth-order valence-electron chi connectivity index (χ4n) is 10.7. The number of nitrogens with one attached hydrogen (secondary N) is 1. The summed E-state index contributed by atoms with van der Waals surface area (Å²) in [7, 11) is 0. The molecule has 37 heteroatoms. The second kappa shape index (κ2) is 30.7. The van der Waals surface area contributed by atoms with Crippen molar-refractivity contribution >= 4 is 5.91 Å². The number of carbonyl (C=O) groups is 1. The van der Waals surface area contributed by atoms with Crippen LogP contribution in [0.3, 0.4) is 0 Å². The summed E-state index contributed by atoms with van der Waals surface area (Å²) in [6.45, 7) is -3.93. The number of nitrogens with two attached hydrogens (primary N) is 1. The number of hydrogen-bond donors (Lipinski definition) is 22. The van der Waals surface area contributed by atoms with Gasteiger partial charge in [-0.1, -0.05) is 6.92 Å². The van der Waals surface area contributed by atoms with Crippen LogP contribution in [0.2, 0.25) is 0 Å². The molecule has 14 unspecified atom stereocenters. The molecule has 37 nitrogen and oxygen atoms in total. The van der Waals surface area contributed by atoms with Crippen molar-refractivity contribution in [2.45, 2.75) is 223 Å². The predicted molar refractivity (Wildman–Crippen MR) is 259 cm³/mol. The molecule has 7 rings (SSSR count). The minimum Gasteiger partial charge on any atom is -0.394 e. The summed E-state index contributed by atoms with van der Waals surface area (Å²) in [5.74, 6) is -1.84. The quantitative estimate of drug-likeness (QED) is 0.0452. The van der Waals surface area contributed by atoms with E-state index in [4.69, 9.17) is 72.0 Å². The third-order valence-corrected chi connectivity index (χ3v) is 15.6. The van der Waals surface area contributed by atoms with Crippen LogP contribution in [0.15, 0.2) is 0 Å². The van der Waals surface area contributed by atoms with Gasteiger partial charge >= 0.3 is 0 Å². The SMILES string of the molecule is CC(=O)NC1[C@H](OCCN)OC(CO)[C@@H](O[C@@H]2OC(CO)[C@@H](O[C@@H]3OC(CO[C@H]4OC(CO[C@H]5OC(CO)[C@@H](O)[C@H](O)C5O)[C@@H](O)[C@H](O[C@H]5O[C@@H](CO)[C@@H](O)C(O)C5O)C4O)[C@@H](O)[C@H](O[C@H]4O[C@@H](CO)[C@@H](O)C(O)C4O)C3O)[C@H](O)C2C)[C@@H]1O. The average Bonchev–Trinajstić information content (AvgIpc) is 3.62. The van der Waals surface area contributed by atoms with Gasteiger partial charge in [0, 0.05) is 19.4 Å². The summed E-state index contributed by atoms with van der Waals surface area (Å²) in [5.41, 5.74) is 5.56. The Morgan fingerprint density at radius 3 is 1.14 bits per heavy atom. The van der Waals surface area contributed by atoms with E-state index in [0.29, 0.717) is 0 Å². The number of carbonyl (C=O) groups excluding carboxylic acids is 1. The molecule has 1 amide bonds. The lowest BCUT2D eigenvalue weighted by Gasteiger charge is -2.50. The molecular weight excluding hydrogens is 1150 g/mol. The minimum atomic E-state index is -2.24. The zero-order chi connectivity index (χ0) is 61.8. The molecular formula is C47H82N2O35. The van der Waals surface area contributed by atoms with Crippen molar-refractivity contribution in [3.05, 3.63) is 0 Å². The summed E-state index contributed by atoms with van der Waals surface area (Å²) >= 11 is 0. The first-order chi connectivity index (χ1) is 39.8. The van der Waals surface area contributed by atoms with Crippen LogP contribution in [0.1, 0.15) is 13.8 Å². The van der Waals surface area contributed by atoms with E-state index in [1.807, 2.05) is 0 Å². The molecule has 0 bridgehead atoms. The first-order valence-electron chi connectivity index (χ1n) is 27.1. The second-order valence-electron chi connectivity index (χ2n) is 21.4. The number of ether oxygens (including phenoxy) is 14. The minimum absolute atomic E-state index is 0.0204. The van der Waals surface area contributed by atoms with Crippen LogP contribution in [-0.4, -0.2) is 376 Å². The molecule has 0 aliphatic carbocycles. The predicted octanol–water partition coefficient (Wildman–Crippen LogP) is -14.9. The number of amides is 1. The maximum atomic E-state index is 12.2. The smallest absolute Gasteiger partial charge is 0.217 e. The van der Waals surface area contributed by atoms with Crippen molar-refractivity contribution in [1.82, 2.24) is 5.32 Å². The Labute approximate surface area is 477 Å². The number of aliphatic hydroxyl groups is 20. The number of rotatable bonds is 23. The standard InChI is InChI=1S/C47H82N2O35/c1-12-22(56)37(17(8-53)77-41(12)81-38-18(9-54)78-42(71-4-3-48)21(28(38)62)49-13(2)55)82-47-36(70)40(84-46-34(68)31(65)25(59)16(7-52)76-46)27(61)20(80-47)11-73-44-35(69)39(83-45-33(67)30(64)24(58)15(6-51)75-45)26(60)19(79-44)10-72-43-32(66)29(63)23(57)14(5-50)74-43/h12,14-47,50-54,56-70H,3-11,48H2,1-2H3,(H,49,55)/t12?,14?,15-,16-,17?,18?,19?,20?,21?,22+,23+,24+,25+,26+,27+,28+,29-,30?,31?,32?,33?,34?,35?,36?,37+,38+,39-,40-,41-,42+,43-,44-,45+,46+,47-/m0/s1. The highest BCUT2D eigenvalue weighted by Crippen LogP contribution is 2.38. The molecule has 0 saturated carbocycles. The van der Waals surface area contributed by atoms with Crippen molar-refractivity contribution in [1.29, 1.82) is 0 Å². The molecule has 0 aromatic heterocycles. The van der Waals surface area contributed by atoms with Gasteiger partial charge in [0.2, 0.25) is 5.91 Å². The number of hydrogen-bond acceptors (Lipinski definition) is 36. The van der Waals surface area contributed by atoms with E-state index in [0.717, 1.165) is 6.92 Å². The molecule has 0 aromatic carbocycles. The van der Waals surface area contributed by atoms with Gasteiger partial charge in [0.15, 0.2) is 44.0 Å². The molecule has 7 aliphatic rings. The summed E-state index contributed by atoms with van der Waals surface area (Å²) in [6, 6.07) is -1.29. The molecule has 0 aromatic rings.